The summed E-state index contributed by atoms with van der Waals surface area (Å²) in [5.74, 6) is -2.79. The number of ether oxygens (including phenoxy) is 1. The van der Waals surface area contributed by atoms with Crippen LogP contribution in [-0.2, 0) is 14.9 Å². The van der Waals surface area contributed by atoms with E-state index < -0.39 is 43.7 Å². The van der Waals surface area contributed by atoms with E-state index >= 15 is 0 Å². The van der Waals surface area contributed by atoms with Crippen molar-refractivity contribution in [3.05, 3.63) is 29.3 Å². The molecule has 0 aliphatic carbocycles. The van der Waals surface area contributed by atoms with Crippen molar-refractivity contribution in [3.8, 4) is 0 Å². The average molecular weight is 495 g/mol. The summed E-state index contributed by atoms with van der Waals surface area (Å²) in [6.07, 6.45) is 9.95. The van der Waals surface area contributed by atoms with Crippen LogP contribution >= 0.6 is 0 Å². The molecule has 0 heterocycles. The Labute approximate surface area is 234 Å². The Bertz CT molecular complexity index is 825. The summed E-state index contributed by atoms with van der Waals surface area (Å²) in [4.78, 5) is 23.8. The van der Waals surface area contributed by atoms with E-state index in [9.17, 15) is 27.7 Å². The van der Waals surface area contributed by atoms with Gasteiger partial charge in [-0.3, -0.25) is 4.55 Å². The minimum Gasteiger partial charge on any atom is -0.545 e. The summed E-state index contributed by atoms with van der Waals surface area (Å²) in [6.45, 7) is 6.16. The molecular formula is C23H35KO7S. The molecule has 1 rings (SSSR count). The predicted molar refractivity (Wildman–Crippen MR) is 117 cm³/mol. The number of unbranched alkanes of at least 4 members (excludes halogenated alkanes) is 6. The van der Waals surface area contributed by atoms with Crippen molar-refractivity contribution in [1.29, 1.82) is 0 Å². The molecular weight excluding hydrogens is 459 g/mol. The molecule has 0 atom stereocenters. The number of carboxylic acids is 1. The molecule has 0 saturated carbocycles. The van der Waals surface area contributed by atoms with Crippen LogP contribution in [0.15, 0.2) is 23.1 Å². The third-order valence-electron chi connectivity index (χ3n) is 5.65. The fourth-order valence-electron chi connectivity index (χ4n) is 3.78. The van der Waals surface area contributed by atoms with Gasteiger partial charge in [-0.2, -0.15) is 8.42 Å². The number of hydrogen-bond acceptors (Lipinski definition) is 6. The normalized spacial score (nSPS) is 11.6. The smallest absolute Gasteiger partial charge is 0.545 e. The minimum atomic E-state index is -4.85. The van der Waals surface area contributed by atoms with Gasteiger partial charge in [0.25, 0.3) is 10.1 Å². The van der Waals surface area contributed by atoms with Gasteiger partial charge in [0.2, 0.25) is 0 Å². The van der Waals surface area contributed by atoms with Crippen molar-refractivity contribution >= 4 is 22.1 Å². The summed E-state index contributed by atoms with van der Waals surface area (Å²) in [5.41, 5.74) is -2.07. The van der Waals surface area contributed by atoms with Gasteiger partial charge in [-0.25, -0.2) is 4.79 Å². The first-order chi connectivity index (χ1) is 14.6. The zero-order valence-corrected chi connectivity index (χ0v) is 23.8. The number of carbonyl (C=O) groups is 2. The van der Waals surface area contributed by atoms with Crippen LogP contribution in [0.2, 0.25) is 0 Å². The van der Waals surface area contributed by atoms with Crippen LogP contribution in [0.4, 0.5) is 0 Å². The van der Waals surface area contributed by atoms with Gasteiger partial charge in [-0.05, 0) is 44.2 Å². The van der Waals surface area contributed by atoms with Crippen molar-refractivity contribution in [2.45, 2.75) is 102 Å². The van der Waals surface area contributed by atoms with E-state index in [1.165, 1.54) is 12.1 Å². The van der Waals surface area contributed by atoms with Crippen molar-refractivity contribution in [2.24, 2.45) is 0 Å². The van der Waals surface area contributed by atoms with E-state index in [0.717, 1.165) is 57.4 Å². The second-order valence-corrected chi connectivity index (χ2v) is 9.38. The van der Waals surface area contributed by atoms with Gasteiger partial charge in [0.05, 0.1) is 11.5 Å². The Kier molecular flexibility index (Phi) is 15.4. The van der Waals surface area contributed by atoms with Gasteiger partial charge in [-0.15, -0.1) is 0 Å². The predicted octanol–water partition coefficient (Wildman–Crippen LogP) is 1.55. The van der Waals surface area contributed by atoms with Crippen LogP contribution in [0.25, 0.3) is 0 Å². The SMILES string of the molecule is CCCCCCC(CC)(CCCCCC)OC(=O)c1cccc(S(=O)(=O)O)c1C(=O)[O-].[K+]. The minimum absolute atomic E-state index is 0. The molecule has 32 heavy (non-hydrogen) atoms. The van der Waals surface area contributed by atoms with Crippen LogP contribution in [0.5, 0.6) is 0 Å². The zero-order chi connectivity index (χ0) is 23.5. The molecule has 7 nitrogen and oxygen atoms in total. The molecule has 0 aromatic heterocycles. The monoisotopic (exact) mass is 494 g/mol. The first-order valence-electron chi connectivity index (χ1n) is 11.2. The molecule has 1 aromatic rings. The van der Waals surface area contributed by atoms with Crippen LogP contribution in [0.3, 0.4) is 0 Å². The molecule has 176 valence electrons. The Morgan fingerprint density at radius 2 is 1.50 bits per heavy atom. The van der Waals surface area contributed by atoms with E-state index in [-0.39, 0.29) is 51.4 Å². The molecule has 0 radical (unpaired) electrons. The van der Waals surface area contributed by atoms with Crippen molar-refractivity contribution < 1.29 is 83.8 Å². The van der Waals surface area contributed by atoms with Gasteiger partial charge in [0.15, 0.2) is 0 Å². The third-order valence-corrected chi connectivity index (χ3v) is 6.55. The largest absolute Gasteiger partial charge is 1.00 e. The van der Waals surface area contributed by atoms with Gasteiger partial charge < -0.3 is 14.6 Å². The van der Waals surface area contributed by atoms with E-state index in [4.69, 9.17) is 4.74 Å². The van der Waals surface area contributed by atoms with Gasteiger partial charge >= 0.3 is 57.4 Å². The number of esters is 1. The Morgan fingerprint density at radius 3 is 1.91 bits per heavy atom. The number of carbonyl (C=O) groups excluding carboxylic acids is 2. The van der Waals surface area contributed by atoms with Crippen molar-refractivity contribution in [1.82, 2.24) is 0 Å². The van der Waals surface area contributed by atoms with E-state index in [0.29, 0.717) is 19.3 Å². The maximum atomic E-state index is 13.0. The molecule has 0 unspecified atom stereocenters. The number of benzene rings is 1. The van der Waals surface area contributed by atoms with E-state index in [1.54, 1.807) is 0 Å². The second-order valence-electron chi connectivity index (χ2n) is 7.99. The molecule has 0 amide bonds. The quantitative estimate of drug-likeness (QED) is 0.170. The number of rotatable bonds is 15. The molecule has 0 fully saturated rings. The molecule has 0 spiro atoms. The van der Waals surface area contributed by atoms with Crippen molar-refractivity contribution in [3.63, 3.8) is 0 Å². The van der Waals surface area contributed by atoms with Crippen LogP contribution in [0, 0.1) is 0 Å². The number of carboxylic acid groups (broad SMARTS) is 1. The average Bonchev–Trinajstić information content (AvgIpc) is 2.72. The second kappa shape index (κ2) is 15.6. The molecule has 0 saturated heterocycles. The molecule has 0 bridgehead atoms. The fraction of sp³-hybridized carbons (Fsp3) is 0.652. The summed E-state index contributed by atoms with van der Waals surface area (Å²) < 4.78 is 38.4. The summed E-state index contributed by atoms with van der Waals surface area (Å²) in [6, 6.07) is 3.29. The van der Waals surface area contributed by atoms with Gasteiger partial charge in [0.1, 0.15) is 10.5 Å². The molecule has 1 aromatic carbocycles. The van der Waals surface area contributed by atoms with Crippen LogP contribution in [-0.4, -0.2) is 30.5 Å². The Balaban J connectivity index is 0.00000961. The van der Waals surface area contributed by atoms with Crippen molar-refractivity contribution in [2.75, 3.05) is 0 Å². The molecule has 0 aliphatic heterocycles. The summed E-state index contributed by atoms with van der Waals surface area (Å²) in [7, 11) is -4.85. The first-order valence-corrected chi connectivity index (χ1v) is 12.6. The Morgan fingerprint density at radius 1 is 0.969 bits per heavy atom. The molecule has 1 N–H and O–H groups in total. The maximum absolute atomic E-state index is 13.0. The van der Waals surface area contributed by atoms with Crippen LogP contribution in [0.1, 0.15) is 112 Å². The topological polar surface area (TPSA) is 121 Å². The molecule has 9 heteroatoms. The first kappa shape index (κ1) is 31.7. The van der Waals surface area contributed by atoms with E-state index in [2.05, 4.69) is 13.8 Å². The molecule has 0 aliphatic rings. The fourth-order valence-corrected chi connectivity index (χ4v) is 4.48. The standard InChI is InChI=1S/C23H36O7S.K/c1-4-7-9-11-16-23(6-3,17-12-10-8-5-2)30-22(26)18-14-13-15-19(31(27,28)29)20(18)21(24)25;/h13-15H,4-12,16-17H2,1-3H3,(H,24,25)(H,27,28,29);/q;+1/p-1. The van der Waals surface area contributed by atoms with Gasteiger partial charge in [-0.1, -0.05) is 65.4 Å². The summed E-state index contributed by atoms with van der Waals surface area (Å²) >= 11 is 0. The third kappa shape index (κ3) is 9.91. The summed E-state index contributed by atoms with van der Waals surface area (Å²) in [5, 5.41) is 11.6. The van der Waals surface area contributed by atoms with E-state index in [1.807, 2.05) is 6.92 Å². The maximum Gasteiger partial charge on any atom is 1.00 e. The Hall–Kier alpha value is -0.294. The zero-order valence-electron chi connectivity index (χ0n) is 19.8. The van der Waals surface area contributed by atoms with Gasteiger partial charge in [0, 0.05) is 5.56 Å². The number of aromatic carboxylic acids is 1. The van der Waals surface area contributed by atoms with Crippen LogP contribution < -0.4 is 56.5 Å². The number of hydrogen-bond donors (Lipinski definition) is 1.